The predicted molar refractivity (Wildman–Crippen MR) is 99.7 cm³/mol. The number of para-hydroxylation sites is 1. The maximum atomic E-state index is 12.7. The molecule has 0 spiro atoms. The van der Waals surface area contributed by atoms with Crippen molar-refractivity contribution in [3.05, 3.63) is 29.3 Å². The number of thiocarbonyl (C=S) groups is 1. The maximum absolute atomic E-state index is 12.7. The first-order valence-corrected chi connectivity index (χ1v) is 8.28. The lowest BCUT2D eigenvalue weighted by atomic mass is 10.1. The number of carbonyl (C=O) groups excluding carboxylic acids is 2. The topological polar surface area (TPSA) is 65.0 Å². The van der Waals surface area contributed by atoms with Crippen molar-refractivity contribution in [1.29, 1.82) is 0 Å². The summed E-state index contributed by atoms with van der Waals surface area (Å²) in [6.07, 6.45) is 2.23. The molecule has 1 aliphatic heterocycles. The Labute approximate surface area is 151 Å². The van der Waals surface area contributed by atoms with Crippen molar-refractivity contribution in [3.63, 3.8) is 0 Å². The van der Waals surface area contributed by atoms with E-state index in [1.165, 1.54) is 11.1 Å². The molecule has 1 aliphatic rings. The van der Waals surface area contributed by atoms with Gasteiger partial charge >= 0.3 is 0 Å². The van der Waals surface area contributed by atoms with E-state index < -0.39 is 17.7 Å². The van der Waals surface area contributed by atoms with E-state index >= 15 is 0 Å². The maximum Gasteiger partial charge on any atom is 0.251 e. The van der Waals surface area contributed by atoms with E-state index in [1.54, 1.807) is 24.3 Å². The van der Waals surface area contributed by atoms with Crippen LogP contribution < -0.4 is 10.2 Å². The average molecular weight is 367 g/mol. The first-order chi connectivity index (χ1) is 11.4. The number of hydrogen-bond donors (Lipinski definition) is 1. The van der Waals surface area contributed by atoms with Gasteiger partial charge in [0.25, 0.3) is 5.91 Å². The van der Waals surface area contributed by atoms with E-state index in [1.807, 2.05) is 19.0 Å². The molecular weight excluding hydrogens is 348 g/mol. The minimum absolute atomic E-state index is 0.0235. The highest BCUT2D eigenvalue weighted by Crippen LogP contribution is 2.28. The average Bonchev–Trinajstić information content (AvgIpc) is 2.51. The number of nitrogens with zero attached hydrogens (tertiary/aromatic N) is 3. The van der Waals surface area contributed by atoms with Gasteiger partial charge in [0.2, 0.25) is 5.91 Å². The van der Waals surface area contributed by atoms with Gasteiger partial charge in [0.05, 0.1) is 10.7 Å². The van der Waals surface area contributed by atoms with Crippen molar-refractivity contribution in [1.82, 2.24) is 10.2 Å². The van der Waals surface area contributed by atoms with Gasteiger partial charge in [-0.2, -0.15) is 0 Å². The zero-order valence-corrected chi connectivity index (χ0v) is 15.1. The van der Waals surface area contributed by atoms with Crippen LogP contribution in [-0.2, 0) is 9.59 Å². The van der Waals surface area contributed by atoms with Gasteiger partial charge in [0, 0.05) is 12.8 Å². The lowest BCUT2D eigenvalue weighted by Gasteiger charge is -2.31. The minimum atomic E-state index is -1.01. The Kier molecular flexibility index (Phi) is 6.42. The van der Waals surface area contributed by atoms with Gasteiger partial charge < -0.3 is 10.2 Å². The molecule has 1 N–H and O–H groups in total. The number of anilines is 1. The third-order valence-corrected chi connectivity index (χ3v) is 4.05. The number of amides is 2. The summed E-state index contributed by atoms with van der Waals surface area (Å²) in [5.74, 6) is -1.93. The van der Waals surface area contributed by atoms with Crippen molar-refractivity contribution in [2.75, 3.05) is 32.1 Å². The van der Waals surface area contributed by atoms with Crippen molar-refractivity contribution in [2.24, 2.45) is 10.9 Å². The van der Waals surface area contributed by atoms with Crippen LogP contribution in [-0.4, -0.2) is 55.2 Å². The van der Waals surface area contributed by atoms with Crippen molar-refractivity contribution >= 4 is 52.6 Å². The van der Waals surface area contributed by atoms with E-state index in [2.05, 4.69) is 10.3 Å². The summed E-state index contributed by atoms with van der Waals surface area (Å²) in [4.78, 5) is 32.3. The van der Waals surface area contributed by atoms with Gasteiger partial charge in [-0.3, -0.25) is 19.5 Å². The Morgan fingerprint density at radius 2 is 2.08 bits per heavy atom. The highest BCUT2D eigenvalue weighted by molar-refractivity contribution is 7.80. The van der Waals surface area contributed by atoms with Gasteiger partial charge in [-0.25, -0.2) is 0 Å². The van der Waals surface area contributed by atoms with Crippen LogP contribution in [0.1, 0.15) is 6.42 Å². The molecule has 1 unspecified atom stereocenters. The zero-order valence-electron chi connectivity index (χ0n) is 13.5. The molecule has 1 aromatic rings. The fourth-order valence-corrected chi connectivity index (χ4v) is 2.75. The van der Waals surface area contributed by atoms with Crippen molar-refractivity contribution < 1.29 is 9.59 Å². The highest BCUT2D eigenvalue weighted by atomic mass is 35.5. The molecule has 1 fully saturated rings. The van der Waals surface area contributed by atoms with Gasteiger partial charge in [-0.1, -0.05) is 23.7 Å². The fraction of sp³-hybridized carbons (Fsp3) is 0.375. The molecule has 0 saturated carbocycles. The molecule has 24 heavy (non-hydrogen) atoms. The predicted octanol–water partition coefficient (Wildman–Crippen LogP) is 1.73. The van der Waals surface area contributed by atoms with Gasteiger partial charge in [0.1, 0.15) is 0 Å². The first-order valence-electron chi connectivity index (χ1n) is 7.50. The number of nitrogens with one attached hydrogen (secondary N) is 1. The Bertz CT molecular complexity index is 678. The quantitative estimate of drug-likeness (QED) is 0.360. The number of carbonyl (C=O) groups is 2. The summed E-state index contributed by atoms with van der Waals surface area (Å²) in [5.41, 5.74) is 0.445. The number of hydrogen-bond acceptors (Lipinski definition) is 5. The standard InChI is InChI=1S/C16H19ClN4O2S/c1-20(2)9-5-8-18-10-11-14(22)19-16(24)21(15(11)23)13-7-4-3-6-12(13)17/h3-4,6-7,10-11H,5,8-9H2,1-2H3,(H,19,22,24). The number of rotatable bonds is 6. The molecule has 1 saturated heterocycles. The Hall–Kier alpha value is -1.83. The van der Waals surface area contributed by atoms with E-state index in [9.17, 15) is 9.59 Å². The van der Waals surface area contributed by atoms with Gasteiger partial charge in [-0.15, -0.1) is 0 Å². The second-order valence-corrected chi connectivity index (χ2v) is 6.40. The zero-order chi connectivity index (χ0) is 17.7. The molecule has 1 heterocycles. The van der Waals surface area contributed by atoms with E-state index in [0.29, 0.717) is 17.3 Å². The monoisotopic (exact) mass is 366 g/mol. The molecule has 2 rings (SSSR count). The summed E-state index contributed by atoms with van der Waals surface area (Å²) in [6.45, 7) is 1.43. The summed E-state index contributed by atoms with van der Waals surface area (Å²) in [7, 11) is 3.95. The number of benzene rings is 1. The van der Waals surface area contributed by atoms with Crippen LogP contribution >= 0.6 is 23.8 Å². The summed E-state index contributed by atoms with van der Waals surface area (Å²) in [6, 6.07) is 6.84. The minimum Gasteiger partial charge on any atom is -0.309 e. The molecule has 6 nitrogen and oxygen atoms in total. The third-order valence-electron chi connectivity index (χ3n) is 3.44. The molecule has 0 aromatic heterocycles. The lowest BCUT2D eigenvalue weighted by molar-refractivity contribution is -0.130. The molecule has 2 amide bonds. The van der Waals surface area contributed by atoms with Crippen LogP contribution in [0.4, 0.5) is 5.69 Å². The van der Waals surface area contributed by atoms with E-state index in [4.69, 9.17) is 23.8 Å². The van der Waals surface area contributed by atoms with Crippen LogP contribution in [0, 0.1) is 5.92 Å². The second kappa shape index (κ2) is 8.32. The number of halogens is 1. The largest absolute Gasteiger partial charge is 0.309 e. The molecule has 0 aliphatic carbocycles. The van der Waals surface area contributed by atoms with Crippen LogP contribution in [0.2, 0.25) is 5.02 Å². The molecule has 8 heteroatoms. The molecule has 1 atom stereocenters. The van der Waals surface area contributed by atoms with Crippen LogP contribution in [0.3, 0.4) is 0 Å². The smallest absolute Gasteiger partial charge is 0.251 e. The van der Waals surface area contributed by atoms with Gasteiger partial charge in [-0.05, 0) is 51.4 Å². The van der Waals surface area contributed by atoms with Crippen LogP contribution in [0.15, 0.2) is 29.3 Å². The number of aliphatic imine (C=N–C) groups is 1. The molecule has 128 valence electrons. The highest BCUT2D eigenvalue weighted by Gasteiger charge is 2.38. The first kappa shape index (κ1) is 18.5. The normalized spacial score (nSPS) is 18.6. The third kappa shape index (κ3) is 4.37. The molecular formula is C16H19ClN4O2S. The summed E-state index contributed by atoms with van der Waals surface area (Å²) >= 11 is 11.3. The van der Waals surface area contributed by atoms with Gasteiger partial charge in [0.15, 0.2) is 11.0 Å². The Morgan fingerprint density at radius 1 is 1.38 bits per heavy atom. The summed E-state index contributed by atoms with van der Waals surface area (Å²) < 4.78 is 0. The molecule has 1 aromatic carbocycles. The van der Waals surface area contributed by atoms with E-state index in [0.717, 1.165) is 13.0 Å². The van der Waals surface area contributed by atoms with E-state index in [-0.39, 0.29) is 5.11 Å². The van der Waals surface area contributed by atoms with Crippen molar-refractivity contribution in [3.8, 4) is 0 Å². The molecule has 0 bridgehead atoms. The second-order valence-electron chi connectivity index (χ2n) is 5.61. The summed E-state index contributed by atoms with van der Waals surface area (Å²) in [5, 5.41) is 2.94. The van der Waals surface area contributed by atoms with Crippen LogP contribution in [0.5, 0.6) is 0 Å². The van der Waals surface area contributed by atoms with Crippen LogP contribution in [0.25, 0.3) is 0 Å². The molecule has 0 radical (unpaired) electrons. The SMILES string of the molecule is CN(C)CCCN=CC1C(=O)NC(=S)N(c2ccccc2Cl)C1=O. The lowest BCUT2D eigenvalue weighted by Crippen LogP contribution is -2.58. The fourth-order valence-electron chi connectivity index (χ4n) is 2.24. The Morgan fingerprint density at radius 3 is 2.75 bits per heavy atom. The Balaban J connectivity index is 2.14. The van der Waals surface area contributed by atoms with Crippen molar-refractivity contribution in [2.45, 2.75) is 6.42 Å².